The molecule has 3 nitrogen and oxygen atoms in total. The first-order valence-corrected chi connectivity index (χ1v) is 9.41. The third-order valence-corrected chi connectivity index (χ3v) is 5.76. The van der Waals surface area contributed by atoms with Crippen molar-refractivity contribution in [3.8, 4) is 0 Å². The van der Waals surface area contributed by atoms with Crippen LogP contribution in [-0.4, -0.2) is 22.4 Å². The first-order chi connectivity index (χ1) is 10.2. The Morgan fingerprint density at radius 2 is 2.00 bits per heavy atom. The van der Waals surface area contributed by atoms with Crippen LogP contribution in [0.5, 0.6) is 0 Å². The first kappa shape index (κ1) is 17.0. The van der Waals surface area contributed by atoms with Crippen molar-refractivity contribution in [2.24, 2.45) is 5.92 Å². The van der Waals surface area contributed by atoms with Crippen LogP contribution in [0.15, 0.2) is 4.47 Å². The normalized spacial score (nSPS) is 23.2. The molecule has 0 saturated heterocycles. The zero-order chi connectivity index (χ0) is 15.2. The molecule has 1 aromatic heterocycles. The number of hydrogen-bond donors (Lipinski definition) is 1. The highest BCUT2D eigenvalue weighted by Crippen LogP contribution is 2.30. The van der Waals surface area contributed by atoms with Gasteiger partial charge in [-0.05, 0) is 67.9 Å². The molecule has 1 aliphatic rings. The van der Waals surface area contributed by atoms with E-state index in [1.165, 1.54) is 48.7 Å². The molecule has 0 spiro atoms. The van der Waals surface area contributed by atoms with Gasteiger partial charge < -0.3 is 5.32 Å². The zero-order valence-electron chi connectivity index (χ0n) is 13.8. The maximum absolute atomic E-state index is 4.65. The van der Waals surface area contributed by atoms with Crippen LogP contribution in [-0.2, 0) is 13.0 Å². The van der Waals surface area contributed by atoms with E-state index in [0.29, 0.717) is 6.04 Å². The fraction of sp³-hybridized carbons (Fsp3) is 0.824. The second-order valence-electron chi connectivity index (χ2n) is 6.32. The molecule has 0 radical (unpaired) electrons. The van der Waals surface area contributed by atoms with Gasteiger partial charge in [-0.25, -0.2) is 0 Å². The first-order valence-electron chi connectivity index (χ1n) is 8.62. The number of nitrogens with one attached hydrogen (secondary N) is 1. The minimum Gasteiger partial charge on any atom is -0.314 e. The summed E-state index contributed by atoms with van der Waals surface area (Å²) in [6.45, 7) is 8.64. The molecule has 1 heterocycles. The van der Waals surface area contributed by atoms with Crippen molar-refractivity contribution < 1.29 is 0 Å². The summed E-state index contributed by atoms with van der Waals surface area (Å²) in [4.78, 5) is 0. The molecule has 21 heavy (non-hydrogen) atoms. The third-order valence-electron chi connectivity index (χ3n) is 4.72. The Hall–Kier alpha value is -0.350. The topological polar surface area (TPSA) is 29.9 Å². The van der Waals surface area contributed by atoms with Crippen LogP contribution < -0.4 is 5.32 Å². The van der Waals surface area contributed by atoms with Gasteiger partial charge in [0.1, 0.15) is 0 Å². The molecule has 0 aliphatic heterocycles. The Kier molecular flexibility index (Phi) is 6.74. The summed E-state index contributed by atoms with van der Waals surface area (Å²) in [5.41, 5.74) is 2.52. The Morgan fingerprint density at radius 1 is 1.24 bits per heavy atom. The number of aromatic nitrogens is 2. The van der Waals surface area contributed by atoms with Crippen LogP contribution in [0.2, 0.25) is 0 Å². The van der Waals surface area contributed by atoms with Crippen molar-refractivity contribution in [1.82, 2.24) is 15.1 Å². The predicted octanol–water partition coefficient (Wildman–Crippen LogP) is 4.46. The van der Waals surface area contributed by atoms with Gasteiger partial charge in [-0.2, -0.15) is 5.10 Å². The molecule has 1 saturated carbocycles. The molecular formula is C17H30BrN3. The number of halogens is 1. The lowest BCUT2D eigenvalue weighted by Crippen LogP contribution is -2.37. The van der Waals surface area contributed by atoms with E-state index in [2.05, 4.69) is 51.8 Å². The van der Waals surface area contributed by atoms with Crippen LogP contribution in [0.3, 0.4) is 0 Å². The SMILES string of the molecule is CCCNC1CCCCCC1Cc1c(Br)c(C)nn1CC. The molecule has 4 heteroatoms. The van der Waals surface area contributed by atoms with E-state index >= 15 is 0 Å². The molecule has 1 fully saturated rings. The largest absolute Gasteiger partial charge is 0.314 e. The van der Waals surface area contributed by atoms with Crippen molar-refractivity contribution in [2.45, 2.75) is 78.3 Å². The molecule has 120 valence electrons. The average Bonchev–Trinajstić information content (AvgIpc) is 2.67. The van der Waals surface area contributed by atoms with Crippen molar-refractivity contribution in [3.63, 3.8) is 0 Å². The van der Waals surface area contributed by atoms with E-state index < -0.39 is 0 Å². The molecule has 1 N–H and O–H groups in total. The highest BCUT2D eigenvalue weighted by atomic mass is 79.9. The molecule has 1 aliphatic carbocycles. The van der Waals surface area contributed by atoms with E-state index in [9.17, 15) is 0 Å². The van der Waals surface area contributed by atoms with E-state index in [4.69, 9.17) is 0 Å². The Labute approximate surface area is 138 Å². The van der Waals surface area contributed by atoms with Crippen LogP contribution in [0.4, 0.5) is 0 Å². The molecule has 0 amide bonds. The number of hydrogen-bond acceptors (Lipinski definition) is 2. The number of aryl methyl sites for hydroxylation is 2. The second-order valence-corrected chi connectivity index (χ2v) is 7.12. The van der Waals surface area contributed by atoms with E-state index in [1.807, 2.05) is 0 Å². The second kappa shape index (κ2) is 8.33. The lowest BCUT2D eigenvalue weighted by molar-refractivity contribution is 0.326. The summed E-state index contributed by atoms with van der Waals surface area (Å²) in [6, 6.07) is 0.680. The van der Waals surface area contributed by atoms with Crippen molar-refractivity contribution in [1.29, 1.82) is 0 Å². The quantitative estimate of drug-likeness (QED) is 0.763. The standard InChI is InChI=1S/C17H30BrN3/c1-4-11-19-15-10-8-6-7-9-14(15)12-16-17(18)13(3)20-21(16)5-2/h14-15,19H,4-12H2,1-3H3. The highest BCUT2D eigenvalue weighted by Gasteiger charge is 2.26. The summed E-state index contributed by atoms with van der Waals surface area (Å²) < 4.78 is 3.41. The Morgan fingerprint density at radius 3 is 2.71 bits per heavy atom. The van der Waals surface area contributed by atoms with Crippen LogP contribution in [0, 0.1) is 12.8 Å². The van der Waals surface area contributed by atoms with E-state index in [1.54, 1.807) is 0 Å². The third kappa shape index (κ3) is 4.32. The van der Waals surface area contributed by atoms with E-state index in [-0.39, 0.29) is 0 Å². The summed E-state index contributed by atoms with van der Waals surface area (Å²) >= 11 is 3.76. The van der Waals surface area contributed by atoms with Gasteiger partial charge in [0.05, 0.1) is 15.9 Å². The van der Waals surface area contributed by atoms with E-state index in [0.717, 1.165) is 31.1 Å². The zero-order valence-corrected chi connectivity index (χ0v) is 15.4. The van der Waals surface area contributed by atoms with Gasteiger partial charge >= 0.3 is 0 Å². The van der Waals surface area contributed by atoms with Gasteiger partial charge in [-0.1, -0.05) is 26.2 Å². The van der Waals surface area contributed by atoms with Gasteiger partial charge in [0.15, 0.2) is 0 Å². The minimum absolute atomic E-state index is 0.680. The smallest absolute Gasteiger partial charge is 0.0738 e. The number of nitrogens with zero attached hydrogens (tertiary/aromatic N) is 2. The number of rotatable bonds is 6. The lowest BCUT2D eigenvalue weighted by Gasteiger charge is -2.26. The Bertz CT molecular complexity index is 441. The maximum atomic E-state index is 4.65. The van der Waals surface area contributed by atoms with Gasteiger partial charge in [-0.3, -0.25) is 4.68 Å². The van der Waals surface area contributed by atoms with Crippen LogP contribution in [0.25, 0.3) is 0 Å². The predicted molar refractivity (Wildman–Crippen MR) is 92.7 cm³/mol. The minimum atomic E-state index is 0.680. The molecule has 2 atom stereocenters. The molecule has 2 unspecified atom stereocenters. The summed E-state index contributed by atoms with van der Waals surface area (Å²) in [7, 11) is 0. The Balaban J connectivity index is 2.13. The molecule has 2 rings (SSSR count). The van der Waals surface area contributed by atoms with Crippen LogP contribution in [0.1, 0.15) is 63.8 Å². The molecule has 0 aromatic carbocycles. The van der Waals surface area contributed by atoms with Crippen molar-refractivity contribution in [2.75, 3.05) is 6.54 Å². The summed E-state index contributed by atoms with van der Waals surface area (Å²) in [5, 5.41) is 8.45. The van der Waals surface area contributed by atoms with Gasteiger partial charge in [0.2, 0.25) is 0 Å². The fourth-order valence-corrected chi connectivity index (χ4v) is 3.99. The fourth-order valence-electron chi connectivity index (χ4n) is 3.54. The van der Waals surface area contributed by atoms with Gasteiger partial charge in [-0.15, -0.1) is 0 Å². The van der Waals surface area contributed by atoms with Gasteiger partial charge in [0.25, 0.3) is 0 Å². The molecule has 1 aromatic rings. The lowest BCUT2D eigenvalue weighted by atomic mass is 9.90. The summed E-state index contributed by atoms with van der Waals surface area (Å²) in [6.07, 6.45) is 9.21. The maximum Gasteiger partial charge on any atom is 0.0738 e. The van der Waals surface area contributed by atoms with Crippen molar-refractivity contribution >= 4 is 15.9 Å². The van der Waals surface area contributed by atoms with Gasteiger partial charge in [0, 0.05) is 12.6 Å². The monoisotopic (exact) mass is 355 g/mol. The van der Waals surface area contributed by atoms with Crippen LogP contribution >= 0.6 is 15.9 Å². The average molecular weight is 356 g/mol. The van der Waals surface area contributed by atoms with Crippen molar-refractivity contribution in [3.05, 3.63) is 15.9 Å². The highest BCUT2D eigenvalue weighted by molar-refractivity contribution is 9.10. The molecule has 0 bridgehead atoms. The molecular weight excluding hydrogens is 326 g/mol. The summed E-state index contributed by atoms with van der Waals surface area (Å²) in [5.74, 6) is 0.747.